The van der Waals surface area contributed by atoms with Gasteiger partial charge in [-0.25, -0.2) is 8.78 Å². The lowest BCUT2D eigenvalue weighted by molar-refractivity contribution is -0.137. The zero-order chi connectivity index (χ0) is 14.3. The normalized spacial score (nSPS) is 24.3. The van der Waals surface area contributed by atoms with Crippen molar-refractivity contribution in [3.8, 4) is 6.07 Å². The maximum Gasteiger partial charge on any atom is 0.303 e. The van der Waals surface area contributed by atoms with Gasteiger partial charge in [0.2, 0.25) is 0 Å². The molecule has 5 nitrogen and oxygen atoms in total. The molecule has 0 aromatic rings. The molecule has 7 heteroatoms. The van der Waals surface area contributed by atoms with E-state index in [4.69, 9.17) is 10.4 Å². The van der Waals surface area contributed by atoms with Gasteiger partial charge in [-0.3, -0.25) is 9.69 Å². The number of carbonyl (C=O) groups is 1. The number of nitrogens with zero attached hydrogens (tertiary/aromatic N) is 2. The molecule has 0 aromatic heterocycles. The molecule has 1 aliphatic rings. The molecule has 1 saturated heterocycles. The number of nitrogens with one attached hydrogen (secondary N) is 1. The summed E-state index contributed by atoms with van der Waals surface area (Å²) in [6.07, 6.45) is -1.12. The van der Waals surface area contributed by atoms with Crippen molar-refractivity contribution in [1.29, 1.82) is 5.26 Å². The van der Waals surface area contributed by atoms with Crippen molar-refractivity contribution in [3.63, 3.8) is 0 Å². The van der Waals surface area contributed by atoms with Crippen LogP contribution in [0.4, 0.5) is 8.78 Å². The maximum atomic E-state index is 12.2. The highest BCUT2D eigenvalue weighted by molar-refractivity contribution is 5.66. The Hall–Kier alpha value is -1.26. The first-order valence-electron chi connectivity index (χ1n) is 6.34. The number of piperidine rings is 1. The van der Waals surface area contributed by atoms with Gasteiger partial charge in [0, 0.05) is 25.6 Å². The molecular weight excluding hydrogens is 256 g/mol. The summed E-state index contributed by atoms with van der Waals surface area (Å²) in [6, 6.07) is 1.94. The first-order valence-corrected chi connectivity index (χ1v) is 6.34. The van der Waals surface area contributed by atoms with Gasteiger partial charge in [-0.15, -0.1) is 0 Å². The van der Waals surface area contributed by atoms with Gasteiger partial charge in [0.15, 0.2) is 0 Å². The van der Waals surface area contributed by atoms with Crippen molar-refractivity contribution < 1.29 is 18.7 Å². The van der Waals surface area contributed by atoms with E-state index < -0.39 is 12.4 Å². The summed E-state index contributed by atoms with van der Waals surface area (Å²) >= 11 is 0. The fourth-order valence-corrected chi connectivity index (χ4v) is 2.47. The summed E-state index contributed by atoms with van der Waals surface area (Å²) in [7, 11) is 0. The molecule has 0 bridgehead atoms. The number of hydrogen-bond acceptors (Lipinski definition) is 4. The van der Waals surface area contributed by atoms with Crippen LogP contribution in [-0.2, 0) is 4.79 Å². The predicted octanol–water partition coefficient (Wildman–Crippen LogP) is 0.920. The van der Waals surface area contributed by atoms with Gasteiger partial charge in [-0.05, 0) is 18.8 Å². The highest BCUT2D eigenvalue weighted by Gasteiger charge is 2.27. The summed E-state index contributed by atoms with van der Waals surface area (Å²) in [6.45, 7) is 1.10. The summed E-state index contributed by atoms with van der Waals surface area (Å²) in [5.74, 6) is -0.720. The molecule has 0 aliphatic carbocycles. The average Bonchev–Trinajstić information content (AvgIpc) is 2.34. The Balaban J connectivity index is 2.47. The topological polar surface area (TPSA) is 76.4 Å². The molecule has 0 spiro atoms. The second-order valence-corrected chi connectivity index (χ2v) is 4.88. The smallest absolute Gasteiger partial charge is 0.303 e. The SMILES string of the molecule is N#CCN1CC(CCC(=O)O)CC(NCC(F)F)C1. The monoisotopic (exact) mass is 275 g/mol. The molecule has 0 radical (unpaired) electrons. The summed E-state index contributed by atoms with van der Waals surface area (Å²) in [4.78, 5) is 12.5. The van der Waals surface area contributed by atoms with Crippen molar-refractivity contribution in [3.05, 3.63) is 0 Å². The van der Waals surface area contributed by atoms with Crippen molar-refractivity contribution >= 4 is 5.97 Å². The molecule has 2 unspecified atom stereocenters. The summed E-state index contributed by atoms with van der Waals surface area (Å²) < 4.78 is 24.4. The van der Waals surface area contributed by atoms with E-state index in [-0.39, 0.29) is 31.5 Å². The number of carboxylic acids is 1. The lowest BCUT2D eigenvalue weighted by atomic mass is 9.90. The van der Waals surface area contributed by atoms with Crippen LogP contribution in [0.15, 0.2) is 0 Å². The number of alkyl halides is 2. The van der Waals surface area contributed by atoms with Gasteiger partial charge in [0.1, 0.15) is 0 Å². The van der Waals surface area contributed by atoms with Crippen LogP contribution in [0.1, 0.15) is 19.3 Å². The van der Waals surface area contributed by atoms with Crippen LogP contribution >= 0.6 is 0 Å². The molecular formula is C12H19F2N3O2. The summed E-state index contributed by atoms with van der Waals surface area (Å²) in [5, 5.41) is 20.2. The molecule has 2 atom stereocenters. The van der Waals surface area contributed by atoms with E-state index in [9.17, 15) is 13.6 Å². The van der Waals surface area contributed by atoms with Gasteiger partial charge in [-0.1, -0.05) is 0 Å². The second-order valence-electron chi connectivity index (χ2n) is 4.88. The number of carboxylic acid groups (broad SMARTS) is 1. The number of nitriles is 1. The van der Waals surface area contributed by atoms with E-state index in [2.05, 4.69) is 5.32 Å². The molecule has 0 aromatic carbocycles. The Morgan fingerprint density at radius 3 is 2.84 bits per heavy atom. The largest absolute Gasteiger partial charge is 0.481 e. The minimum Gasteiger partial charge on any atom is -0.481 e. The van der Waals surface area contributed by atoms with Crippen molar-refractivity contribution in [2.24, 2.45) is 5.92 Å². The molecule has 1 rings (SSSR count). The lowest BCUT2D eigenvalue weighted by Crippen LogP contribution is -2.50. The van der Waals surface area contributed by atoms with Crippen LogP contribution < -0.4 is 5.32 Å². The fourth-order valence-electron chi connectivity index (χ4n) is 2.47. The van der Waals surface area contributed by atoms with Gasteiger partial charge >= 0.3 is 5.97 Å². The maximum absolute atomic E-state index is 12.2. The minimum atomic E-state index is -2.40. The highest BCUT2D eigenvalue weighted by Crippen LogP contribution is 2.21. The Labute approximate surface area is 111 Å². The third kappa shape index (κ3) is 6.45. The van der Waals surface area contributed by atoms with Crippen molar-refractivity contribution in [1.82, 2.24) is 10.2 Å². The number of hydrogen-bond donors (Lipinski definition) is 2. The zero-order valence-corrected chi connectivity index (χ0v) is 10.7. The Morgan fingerprint density at radius 1 is 1.53 bits per heavy atom. The number of likely N-dealkylation sites (tertiary alicyclic amines) is 1. The molecule has 19 heavy (non-hydrogen) atoms. The van der Waals surface area contributed by atoms with E-state index in [1.54, 1.807) is 0 Å². The van der Waals surface area contributed by atoms with Crippen LogP contribution in [-0.4, -0.2) is 54.6 Å². The number of halogens is 2. The Kier molecular flexibility index (Phi) is 6.67. The summed E-state index contributed by atoms with van der Waals surface area (Å²) in [5.41, 5.74) is 0. The molecule has 0 saturated carbocycles. The van der Waals surface area contributed by atoms with Crippen LogP contribution in [0.5, 0.6) is 0 Å². The first kappa shape index (κ1) is 15.8. The van der Waals surface area contributed by atoms with Crippen LogP contribution in [0, 0.1) is 17.2 Å². The van der Waals surface area contributed by atoms with Crippen LogP contribution in [0.25, 0.3) is 0 Å². The standard InChI is InChI=1S/C12H19F2N3O2/c13-11(14)6-16-10-5-9(1-2-12(18)19)7-17(8-10)4-3-15/h9-11,16H,1-2,4-8H2,(H,18,19). The van der Waals surface area contributed by atoms with Gasteiger partial charge < -0.3 is 10.4 Å². The van der Waals surface area contributed by atoms with Crippen molar-refractivity contribution in [2.45, 2.75) is 31.7 Å². The average molecular weight is 275 g/mol. The number of rotatable bonds is 7. The van der Waals surface area contributed by atoms with Gasteiger partial charge in [0.05, 0.1) is 19.2 Å². The van der Waals surface area contributed by atoms with E-state index in [1.165, 1.54) is 0 Å². The molecule has 0 amide bonds. The Bertz CT molecular complexity index is 333. The number of aliphatic carboxylic acids is 1. The fraction of sp³-hybridized carbons (Fsp3) is 0.833. The van der Waals surface area contributed by atoms with Crippen LogP contribution in [0.3, 0.4) is 0 Å². The first-order chi connectivity index (χ1) is 9.01. The third-order valence-corrected chi connectivity index (χ3v) is 3.23. The minimum absolute atomic E-state index is 0.0760. The molecule has 1 aliphatic heterocycles. The Morgan fingerprint density at radius 2 is 2.26 bits per heavy atom. The molecule has 1 heterocycles. The quantitative estimate of drug-likeness (QED) is 0.676. The zero-order valence-electron chi connectivity index (χ0n) is 10.7. The van der Waals surface area contributed by atoms with E-state index in [1.807, 2.05) is 11.0 Å². The predicted molar refractivity (Wildman–Crippen MR) is 64.8 cm³/mol. The van der Waals surface area contributed by atoms with E-state index in [0.717, 1.165) is 0 Å². The van der Waals surface area contributed by atoms with Gasteiger partial charge in [0.25, 0.3) is 6.43 Å². The molecule has 2 N–H and O–H groups in total. The second kappa shape index (κ2) is 8.02. The molecule has 108 valence electrons. The van der Waals surface area contributed by atoms with Crippen LogP contribution in [0.2, 0.25) is 0 Å². The van der Waals surface area contributed by atoms with Gasteiger partial charge in [-0.2, -0.15) is 5.26 Å². The van der Waals surface area contributed by atoms with Crippen molar-refractivity contribution in [2.75, 3.05) is 26.2 Å². The third-order valence-electron chi connectivity index (χ3n) is 3.23. The highest BCUT2D eigenvalue weighted by atomic mass is 19.3. The van der Waals surface area contributed by atoms with E-state index in [0.29, 0.717) is 25.9 Å². The molecule has 1 fully saturated rings. The lowest BCUT2D eigenvalue weighted by Gasteiger charge is -2.37. The van der Waals surface area contributed by atoms with E-state index >= 15 is 0 Å².